The van der Waals surface area contributed by atoms with Crippen molar-refractivity contribution in [2.24, 2.45) is 5.92 Å². The number of hydrogen-bond donors (Lipinski definition) is 0. The van der Waals surface area contributed by atoms with Gasteiger partial charge in [0, 0.05) is 25.7 Å². The first-order valence-corrected chi connectivity index (χ1v) is 6.13. The molecule has 0 N–H and O–H groups in total. The highest BCUT2D eigenvalue weighted by atomic mass is 15.2. The minimum absolute atomic E-state index is 0.743. The van der Waals surface area contributed by atoms with E-state index in [1.807, 2.05) is 0 Å². The molecule has 0 aromatic rings. The maximum absolute atomic E-state index is 2.59. The van der Waals surface area contributed by atoms with Gasteiger partial charge in [-0.3, -0.25) is 0 Å². The van der Waals surface area contributed by atoms with E-state index in [1.54, 1.807) is 0 Å². The third-order valence-electron chi connectivity index (χ3n) is 3.22. The largest absolute Gasteiger partial charge is 0.303 e. The summed E-state index contributed by atoms with van der Waals surface area (Å²) in [5.41, 5.74) is 0. The van der Waals surface area contributed by atoms with Crippen LogP contribution in [0.4, 0.5) is 0 Å². The van der Waals surface area contributed by atoms with Crippen LogP contribution in [0, 0.1) is 5.92 Å². The Morgan fingerprint density at radius 3 is 2.36 bits per heavy atom. The molecule has 0 radical (unpaired) electrons. The van der Waals surface area contributed by atoms with E-state index >= 15 is 0 Å². The molecule has 84 valence electrons. The lowest BCUT2D eigenvalue weighted by molar-refractivity contribution is 0.0434. The maximum Gasteiger partial charge on any atom is 0.00388 e. The van der Waals surface area contributed by atoms with Gasteiger partial charge in [0.2, 0.25) is 0 Å². The molecule has 1 fully saturated rings. The molecular weight excluding hydrogens is 172 g/mol. The van der Waals surface area contributed by atoms with Crippen LogP contribution in [0.2, 0.25) is 0 Å². The predicted molar refractivity (Wildman–Crippen MR) is 62.6 cm³/mol. The molecule has 0 unspecified atom stereocenters. The molecule has 0 amide bonds. The molecule has 1 saturated heterocycles. The number of rotatable bonds is 6. The van der Waals surface area contributed by atoms with Crippen molar-refractivity contribution in [2.75, 3.05) is 32.7 Å². The van der Waals surface area contributed by atoms with Gasteiger partial charge >= 0.3 is 0 Å². The van der Waals surface area contributed by atoms with Crippen LogP contribution in [0.3, 0.4) is 0 Å². The van der Waals surface area contributed by atoms with E-state index in [9.17, 15) is 0 Å². The van der Waals surface area contributed by atoms with Gasteiger partial charge in [-0.15, -0.1) is 0 Å². The molecule has 1 aliphatic heterocycles. The highest BCUT2D eigenvalue weighted by Gasteiger charge is 2.29. The van der Waals surface area contributed by atoms with Crippen LogP contribution < -0.4 is 0 Å². The smallest absolute Gasteiger partial charge is 0.00388 e. The van der Waals surface area contributed by atoms with Crippen molar-refractivity contribution in [3.8, 4) is 0 Å². The zero-order chi connectivity index (χ0) is 10.6. The molecule has 0 aromatic carbocycles. The normalized spacial score (nSPS) is 19.3. The van der Waals surface area contributed by atoms with Gasteiger partial charge in [-0.05, 0) is 39.3 Å². The molecule has 0 atom stereocenters. The van der Waals surface area contributed by atoms with E-state index in [1.165, 1.54) is 39.1 Å². The average molecular weight is 198 g/mol. The lowest BCUT2D eigenvalue weighted by atomic mass is 9.97. The molecule has 0 saturated carbocycles. The van der Waals surface area contributed by atoms with Crippen LogP contribution in [0.15, 0.2) is 0 Å². The Labute approximate surface area is 89.3 Å². The summed E-state index contributed by atoms with van der Waals surface area (Å²) in [7, 11) is 0. The summed E-state index contributed by atoms with van der Waals surface area (Å²) in [5.74, 6) is 0.934. The lowest BCUT2D eigenvalue weighted by Crippen LogP contribution is -2.54. The highest BCUT2D eigenvalue weighted by Crippen LogP contribution is 2.19. The fraction of sp³-hybridized carbons (Fsp3) is 1.00. The monoisotopic (exact) mass is 198 g/mol. The first-order chi connectivity index (χ1) is 6.67. The van der Waals surface area contributed by atoms with E-state index in [4.69, 9.17) is 0 Å². The van der Waals surface area contributed by atoms with Gasteiger partial charge in [0.25, 0.3) is 0 Å². The van der Waals surface area contributed by atoms with Crippen LogP contribution in [0.1, 0.15) is 34.1 Å². The van der Waals surface area contributed by atoms with Crippen LogP contribution in [-0.4, -0.2) is 48.6 Å². The summed E-state index contributed by atoms with van der Waals surface area (Å²) in [6, 6.07) is 0.743. The van der Waals surface area contributed by atoms with Crippen molar-refractivity contribution < 1.29 is 0 Å². The predicted octanol–water partition coefficient (Wildman–Crippen LogP) is 2.06. The van der Waals surface area contributed by atoms with E-state index in [0.29, 0.717) is 0 Å². The van der Waals surface area contributed by atoms with Gasteiger partial charge in [0.05, 0.1) is 0 Å². The summed E-state index contributed by atoms with van der Waals surface area (Å²) in [5, 5.41) is 0. The van der Waals surface area contributed by atoms with Crippen LogP contribution in [0.5, 0.6) is 0 Å². The maximum atomic E-state index is 2.59. The number of hydrogen-bond acceptors (Lipinski definition) is 2. The average Bonchev–Trinajstić information content (AvgIpc) is 2.07. The summed E-state index contributed by atoms with van der Waals surface area (Å²) >= 11 is 0. The summed E-state index contributed by atoms with van der Waals surface area (Å²) in [6.07, 6.45) is 1.29. The SMILES string of the molecule is CCCN(CC)CC1CN(C(C)C)C1. The van der Waals surface area contributed by atoms with Gasteiger partial charge < -0.3 is 9.80 Å². The van der Waals surface area contributed by atoms with E-state index in [2.05, 4.69) is 37.5 Å². The second-order valence-corrected chi connectivity index (χ2v) is 4.81. The molecule has 0 aliphatic carbocycles. The van der Waals surface area contributed by atoms with Gasteiger partial charge in [-0.1, -0.05) is 13.8 Å². The van der Waals surface area contributed by atoms with Gasteiger partial charge in [0.15, 0.2) is 0 Å². The quantitative estimate of drug-likeness (QED) is 0.644. The molecule has 2 nitrogen and oxygen atoms in total. The van der Waals surface area contributed by atoms with E-state index in [-0.39, 0.29) is 0 Å². The first kappa shape index (κ1) is 12.0. The third kappa shape index (κ3) is 3.25. The minimum Gasteiger partial charge on any atom is -0.303 e. The topological polar surface area (TPSA) is 6.48 Å². The Balaban J connectivity index is 2.14. The van der Waals surface area contributed by atoms with Gasteiger partial charge in [-0.2, -0.15) is 0 Å². The standard InChI is InChI=1S/C12H26N2/c1-5-7-13(6-2)8-12-9-14(10-12)11(3)4/h11-12H,5-10H2,1-4H3. The van der Waals surface area contributed by atoms with Crippen molar-refractivity contribution >= 4 is 0 Å². The summed E-state index contributed by atoms with van der Waals surface area (Å²) in [4.78, 5) is 5.15. The molecule has 2 heteroatoms. The Hall–Kier alpha value is -0.0800. The molecule has 0 bridgehead atoms. The Morgan fingerprint density at radius 2 is 1.93 bits per heavy atom. The lowest BCUT2D eigenvalue weighted by Gasteiger charge is -2.44. The summed E-state index contributed by atoms with van der Waals surface area (Å²) in [6.45, 7) is 15.6. The molecule has 0 spiro atoms. The molecule has 1 heterocycles. The van der Waals surface area contributed by atoms with Gasteiger partial charge in [-0.25, -0.2) is 0 Å². The highest BCUT2D eigenvalue weighted by molar-refractivity contribution is 4.83. The second kappa shape index (κ2) is 5.72. The van der Waals surface area contributed by atoms with Crippen LogP contribution in [-0.2, 0) is 0 Å². The van der Waals surface area contributed by atoms with Crippen molar-refractivity contribution in [1.82, 2.24) is 9.80 Å². The number of nitrogens with zero attached hydrogens (tertiary/aromatic N) is 2. The van der Waals surface area contributed by atoms with Crippen molar-refractivity contribution in [3.05, 3.63) is 0 Å². The molecule has 1 rings (SSSR count). The zero-order valence-corrected chi connectivity index (χ0v) is 10.3. The zero-order valence-electron chi connectivity index (χ0n) is 10.3. The fourth-order valence-electron chi connectivity index (χ4n) is 2.21. The van der Waals surface area contributed by atoms with Crippen molar-refractivity contribution in [1.29, 1.82) is 0 Å². The second-order valence-electron chi connectivity index (χ2n) is 4.81. The Morgan fingerprint density at radius 1 is 1.29 bits per heavy atom. The summed E-state index contributed by atoms with van der Waals surface area (Å²) < 4.78 is 0. The van der Waals surface area contributed by atoms with Crippen LogP contribution >= 0.6 is 0 Å². The first-order valence-electron chi connectivity index (χ1n) is 6.13. The molecule has 0 aromatic heterocycles. The van der Waals surface area contributed by atoms with Crippen molar-refractivity contribution in [2.45, 2.75) is 40.2 Å². The van der Waals surface area contributed by atoms with Crippen molar-refractivity contribution in [3.63, 3.8) is 0 Å². The Kier molecular flexibility index (Phi) is 4.90. The molecule has 1 aliphatic rings. The molecular formula is C12H26N2. The Bertz CT molecular complexity index is 150. The van der Waals surface area contributed by atoms with Crippen LogP contribution in [0.25, 0.3) is 0 Å². The number of likely N-dealkylation sites (tertiary alicyclic amines) is 1. The molecule has 14 heavy (non-hydrogen) atoms. The minimum atomic E-state index is 0.743. The fourth-order valence-corrected chi connectivity index (χ4v) is 2.21. The van der Waals surface area contributed by atoms with Gasteiger partial charge in [0.1, 0.15) is 0 Å². The third-order valence-corrected chi connectivity index (χ3v) is 3.22. The van der Waals surface area contributed by atoms with E-state index in [0.717, 1.165) is 12.0 Å². The van der Waals surface area contributed by atoms with E-state index < -0.39 is 0 Å².